The fourth-order valence-electron chi connectivity index (χ4n) is 1.60. The molecular formula is C14H26N4. The third-order valence-corrected chi connectivity index (χ3v) is 2.76. The largest absolute Gasteiger partial charge is 0.358 e. The van der Waals surface area contributed by atoms with Crippen molar-refractivity contribution in [2.24, 2.45) is 0 Å². The summed E-state index contributed by atoms with van der Waals surface area (Å²) in [5.41, 5.74) is 1.26. The quantitative estimate of drug-likeness (QED) is 0.871. The molecule has 0 aromatic carbocycles. The maximum atomic E-state index is 4.32. The predicted molar refractivity (Wildman–Crippen MR) is 77.1 cm³/mol. The number of aromatic nitrogens is 2. The average molecular weight is 250 g/mol. The van der Waals surface area contributed by atoms with Gasteiger partial charge >= 0.3 is 0 Å². The second kappa shape index (κ2) is 6.14. The van der Waals surface area contributed by atoms with E-state index in [0.717, 1.165) is 24.6 Å². The SMILES string of the molecule is CC(C)c1cc(N(C)CCNC(C)(C)C)ncn1. The molecule has 0 unspecified atom stereocenters. The first-order chi connectivity index (χ1) is 8.29. The van der Waals surface area contributed by atoms with Gasteiger partial charge in [0, 0.05) is 37.4 Å². The molecule has 0 fully saturated rings. The van der Waals surface area contributed by atoms with Crippen LogP contribution in [0.2, 0.25) is 0 Å². The molecule has 0 aliphatic heterocycles. The molecule has 0 saturated carbocycles. The van der Waals surface area contributed by atoms with Crippen LogP contribution in [0.5, 0.6) is 0 Å². The van der Waals surface area contributed by atoms with Crippen molar-refractivity contribution in [3.8, 4) is 0 Å². The van der Waals surface area contributed by atoms with Crippen molar-refractivity contribution >= 4 is 5.82 Å². The zero-order valence-electron chi connectivity index (χ0n) is 12.5. The van der Waals surface area contributed by atoms with E-state index in [2.05, 4.69) is 67.9 Å². The number of hydrogen-bond donors (Lipinski definition) is 1. The highest BCUT2D eigenvalue weighted by molar-refractivity contribution is 5.38. The van der Waals surface area contributed by atoms with Crippen molar-refractivity contribution in [3.05, 3.63) is 18.1 Å². The highest BCUT2D eigenvalue weighted by Crippen LogP contribution is 2.15. The molecule has 1 heterocycles. The van der Waals surface area contributed by atoms with Crippen LogP contribution in [0.1, 0.15) is 46.2 Å². The summed E-state index contributed by atoms with van der Waals surface area (Å²) in [6.07, 6.45) is 1.65. The first-order valence-corrected chi connectivity index (χ1v) is 6.57. The lowest BCUT2D eigenvalue weighted by molar-refractivity contribution is 0.430. The van der Waals surface area contributed by atoms with E-state index in [1.165, 1.54) is 0 Å². The van der Waals surface area contributed by atoms with Gasteiger partial charge in [0.1, 0.15) is 12.1 Å². The van der Waals surface area contributed by atoms with Gasteiger partial charge in [-0.25, -0.2) is 9.97 Å². The maximum Gasteiger partial charge on any atom is 0.131 e. The Morgan fingerprint density at radius 3 is 2.50 bits per heavy atom. The Morgan fingerprint density at radius 1 is 1.28 bits per heavy atom. The first-order valence-electron chi connectivity index (χ1n) is 6.57. The maximum absolute atomic E-state index is 4.32. The van der Waals surface area contributed by atoms with Crippen LogP contribution in [0.4, 0.5) is 5.82 Å². The molecule has 0 aliphatic rings. The second-order valence-electron chi connectivity index (χ2n) is 6.05. The van der Waals surface area contributed by atoms with Crippen molar-refractivity contribution in [1.82, 2.24) is 15.3 Å². The summed E-state index contributed by atoms with van der Waals surface area (Å²) >= 11 is 0. The predicted octanol–water partition coefficient (Wildman–Crippen LogP) is 2.42. The molecule has 0 radical (unpaired) electrons. The Kier molecular flexibility index (Phi) is 5.08. The molecular weight excluding hydrogens is 224 g/mol. The molecule has 1 N–H and O–H groups in total. The minimum absolute atomic E-state index is 0.162. The van der Waals surface area contributed by atoms with Crippen LogP contribution in [-0.2, 0) is 0 Å². The fourth-order valence-corrected chi connectivity index (χ4v) is 1.60. The molecule has 0 amide bonds. The normalized spacial score (nSPS) is 11.9. The summed E-state index contributed by atoms with van der Waals surface area (Å²) in [6, 6.07) is 2.07. The number of hydrogen-bond acceptors (Lipinski definition) is 4. The Bertz CT molecular complexity index is 368. The van der Waals surface area contributed by atoms with Crippen molar-refractivity contribution < 1.29 is 0 Å². The van der Waals surface area contributed by atoms with Crippen molar-refractivity contribution in [3.63, 3.8) is 0 Å². The number of rotatable bonds is 5. The van der Waals surface area contributed by atoms with Crippen molar-refractivity contribution in [2.45, 2.75) is 46.1 Å². The van der Waals surface area contributed by atoms with Gasteiger partial charge in [0.15, 0.2) is 0 Å². The average Bonchev–Trinajstić information content (AvgIpc) is 2.27. The second-order valence-corrected chi connectivity index (χ2v) is 6.05. The van der Waals surface area contributed by atoms with Crippen molar-refractivity contribution in [2.75, 3.05) is 25.0 Å². The standard InChI is InChI=1S/C14H26N4/c1-11(2)12-9-13(16-10-15-12)18(6)8-7-17-14(3,4)5/h9-11,17H,7-8H2,1-6H3. The molecule has 4 heteroatoms. The number of anilines is 1. The van der Waals surface area contributed by atoms with Gasteiger partial charge in [0.2, 0.25) is 0 Å². The van der Waals surface area contributed by atoms with Crippen LogP contribution in [0.25, 0.3) is 0 Å². The molecule has 0 bridgehead atoms. The molecule has 0 aliphatic carbocycles. The van der Waals surface area contributed by atoms with Gasteiger partial charge in [-0.2, -0.15) is 0 Å². The molecule has 0 spiro atoms. The fraction of sp³-hybridized carbons (Fsp3) is 0.714. The Hall–Kier alpha value is -1.16. The number of likely N-dealkylation sites (N-methyl/N-ethyl adjacent to an activating group) is 1. The molecule has 4 nitrogen and oxygen atoms in total. The minimum atomic E-state index is 0.162. The van der Waals surface area contributed by atoms with Gasteiger partial charge in [0.05, 0.1) is 0 Å². The van der Waals surface area contributed by atoms with Crippen LogP contribution in [-0.4, -0.2) is 35.6 Å². The lowest BCUT2D eigenvalue weighted by Gasteiger charge is -2.24. The van der Waals surface area contributed by atoms with Crippen LogP contribution >= 0.6 is 0 Å². The lowest BCUT2D eigenvalue weighted by atomic mass is 10.1. The summed E-state index contributed by atoms with van der Waals surface area (Å²) in [7, 11) is 2.07. The topological polar surface area (TPSA) is 41.0 Å². The smallest absolute Gasteiger partial charge is 0.131 e. The van der Waals surface area contributed by atoms with Crippen LogP contribution in [0.3, 0.4) is 0 Å². The van der Waals surface area contributed by atoms with E-state index >= 15 is 0 Å². The Labute approximate surface area is 111 Å². The van der Waals surface area contributed by atoms with E-state index in [1.807, 2.05) is 0 Å². The zero-order valence-corrected chi connectivity index (χ0v) is 12.5. The third-order valence-electron chi connectivity index (χ3n) is 2.76. The van der Waals surface area contributed by atoms with E-state index in [-0.39, 0.29) is 5.54 Å². The van der Waals surface area contributed by atoms with E-state index in [0.29, 0.717) is 5.92 Å². The van der Waals surface area contributed by atoms with E-state index in [4.69, 9.17) is 0 Å². The number of nitrogens with zero attached hydrogens (tertiary/aromatic N) is 3. The van der Waals surface area contributed by atoms with Gasteiger partial charge in [-0.3, -0.25) is 0 Å². The third kappa shape index (κ3) is 5.00. The molecule has 0 saturated heterocycles. The van der Waals surface area contributed by atoms with Crippen LogP contribution in [0.15, 0.2) is 12.4 Å². The summed E-state index contributed by atoms with van der Waals surface area (Å²) in [4.78, 5) is 10.8. The summed E-state index contributed by atoms with van der Waals surface area (Å²) in [5.74, 6) is 1.43. The molecule has 102 valence electrons. The van der Waals surface area contributed by atoms with Gasteiger partial charge in [-0.15, -0.1) is 0 Å². The number of nitrogens with one attached hydrogen (secondary N) is 1. The molecule has 1 rings (SSSR count). The molecule has 1 aromatic heterocycles. The van der Waals surface area contributed by atoms with E-state index in [9.17, 15) is 0 Å². The van der Waals surface area contributed by atoms with E-state index < -0.39 is 0 Å². The van der Waals surface area contributed by atoms with Crippen LogP contribution in [0, 0.1) is 0 Å². The van der Waals surface area contributed by atoms with Gasteiger partial charge in [0.25, 0.3) is 0 Å². The monoisotopic (exact) mass is 250 g/mol. The highest BCUT2D eigenvalue weighted by Gasteiger charge is 2.10. The molecule has 1 aromatic rings. The zero-order chi connectivity index (χ0) is 13.8. The lowest BCUT2D eigenvalue weighted by Crippen LogP contribution is -2.40. The Balaban J connectivity index is 2.56. The molecule has 18 heavy (non-hydrogen) atoms. The highest BCUT2D eigenvalue weighted by atomic mass is 15.2. The van der Waals surface area contributed by atoms with Crippen molar-refractivity contribution in [1.29, 1.82) is 0 Å². The summed E-state index contributed by atoms with van der Waals surface area (Å²) in [6.45, 7) is 12.7. The summed E-state index contributed by atoms with van der Waals surface area (Å²) < 4.78 is 0. The van der Waals surface area contributed by atoms with Crippen LogP contribution < -0.4 is 10.2 Å². The van der Waals surface area contributed by atoms with E-state index in [1.54, 1.807) is 6.33 Å². The van der Waals surface area contributed by atoms with Gasteiger partial charge in [-0.1, -0.05) is 13.8 Å². The Morgan fingerprint density at radius 2 is 1.94 bits per heavy atom. The van der Waals surface area contributed by atoms with Gasteiger partial charge < -0.3 is 10.2 Å². The first kappa shape index (κ1) is 14.9. The minimum Gasteiger partial charge on any atom is -0.358 e. The molecule has 0 atom stereocenters. The van der Waals surface area contributed by atoms with Gasteiger partial charge in [-0.05, 0) is 26.7 Å². The summed E-state index contributed by atoms with van der Waals surface area (Å²) in [5, 5.41) is 3.47.